The average molecular weight is 278 g/mol. The molecule has 0 saturated heterocycles. The Balaban J connectivity index is 2.24. The summed E-state index contributed by atoms with van der Waals surface area (Å²) in [5.74, 6) is 0.655. The number of hydrogen-bond donors (Lipinski definition) is 0. The quantitative estimate of drug-likeness (QED) is 0.169. The van der Waals surface area contributed by atoms with E-state index < -0.39 is 4.92 Å². The summed E-state index contributed by atoms with van der Waals surface area (Å²) in [6.07, 6.45) is 3.81. The van der Waals surface area contributed by atoms with Crippen molar-refractivity contribution in [1.29, 1.82) is 0 Å². The van der Waals surface area contributed by atoms with Gasteiger partial charge in [-0.15, -0.1) is 0 Å². The van der Waals surface area contributed by atoms with Gasteiger partial charge >= 0.3 is 0 Å². The van der Waals surface area contributed by atoms with Gasteiger partial charge in [-0.1, -0.05) is 18.0 Å². The third-order valence-corrected chi connectivity index (χ3v) is 2.85. The minimum atomic E-state index is -0.400. The van der Waals surface area contributed by atoms with Crippen molar-refractivity contribution in [2.24, 2.45) is 5.11 Å². The summed E-state index contributed by atoms with van der Waals surface area (Å²) < 4.78 is 5.54. The molecule has 0 atom stereocenters. The lowest BCUT2D eigenvalue weighted by molar-refractivity contribution is -0.385. The molecule has 0 aromatic heterocycles. The van der Waals surface area contributed by atoms with E-state index in [0.717, 1.165) is 25.7 Å². The number of aryl methyl sites for hydroxylation is 1. The first kappa shape index (κ1) is 15.8. The molecule has 0 unspecified atom stereocenters. The summed E-state index contributed by atoms with van der Waals surface area (Å²) >= 11 is 0. The zero-order valence-electron chi connectivity index (χ0n) is 11.5. The summed E-state index contributed by atoms with van der Waals surface area (Å²) in [6.45, 7) is 2.82. The van der Waals surface area contributed by atoms with Crippen molar-refractivity contribution in [3.8, 4) is 5.75 Å². The number of unbranched alkanes of at least 4 members (excludes halogenated alkanes) is 3. The molecule has 0 radical (unpaired) electrons. The summed E-state index contributed by atoms with van der Waals surface area (Å²) in [5.41, 5.74) is 8.81. The molecule has 0 heterocycles. The van der Waals surface area contributed by atoms with Crippen molar-refractivity contribution in [2.45, 2.75) is 32.6 Å². The molecule has 0 N–H and O–H groups in total. The van der Waals surface area contributed by atoms with E-state index in [1.54, 1.807) is 19.1 Å². The molecule has 1 rings (SSSR count). The molecule has 0 spiro atoms. The van der Waals surface area contributed by atoms with Gasteiger partial charge < -0.3 is 4.74 Å². The fourth-order valence-electron chi connectivity index (χ4n) is 1.80. The Morgan fingerprint density at radius 1 is 1.35 bits per heavy atom. The van der Waals surface area contributed by atoms with Crippen molar-refractivity contribution in [1.82, 2.24) is 0 Å². The van der Waals surface area contributed by atoms with E-state index >= 15 is 0 Å². The first-order valence-corrected chi connectivity index (χ1v) is 6.54. The van der Waals surface area contributed by atoms with Crippen LogP contribution in [-0.2, 0) is 0 Å². The Labute approximate surface area is 117 Å². The number of rotatable bonds is 9. The second-order valence-electron chi connectivity index (χ2n) is 4.42. The van der Waals surface area contributed by atoms with Crippen LogP contribution in [0.2, 0.25) is 0 Å². The van der Waals surface area contributed by atoms with Crippen molar-refractivity contribution in [3.63, 3.8) is 0 Å². The van der Waals surface area contributed by atoms with Crippen LogP contribution in [0.15, 0.2) is 23.3 Å². The summed E-state index contributed by atoms with van der Waals surface area (Å²) in [7, 11) is 0. The number of azide groups is 1. The maximum absolute atomic E-state index is 10.7. The third-order valence-electron chi connectivity index (χ3n) is 2.85. The minimum absolute atomic E-state index is 0.107. The normalized spacial score (nSPS) is 9.85. The van der Waals surface area contributed by atoms with E-state index in [9.17, 15) is 10.1 Å². The minimum Gasteiger partial charge on any atom is -0.494 e. The van der Waals surface area contributed by atoms with Gasteiger partial charge in [0.25, 0.3) is 5.69 Å². The molecule has 0 saturated carbocycles. The van der Waals surface area contributed by atoms with Crippen LogP contribution < -0.4 is 4.74 Å². The van der Waals surface area contributed by atoms with Crippen molar-refractivity contribution < 1.29 is 9.66 Å². The van der Waals surface area contributed by atoms with Gasteiger partial charge in [0.15, 0.2) is 0 Å². The molecule has 1 aromatic carbocycles. The van der Waals surface area contributed by atoms with Gasteiger partial charge in [0.1, 0.15) is 5.75 Å². The highest BCUT2D eigenvalue weighted by molar-refractivity contribution is 5.44. The van der Waals surface area contributed by atoms with Gasteiger partial charge in [0, 0.05) is 23.1 Å². The lowest BCUT2D eigenvalue weighted by atomic mass is 10.2. The van der Waals surface area contributed by atoms with E-state index in [0.29, 0.717) is 24.5 Å². The molecule has 0 aliphatic rings. The first-order chi connectivity index (χ1) is 9.65. The Bertz CT molecular complexity index is 498. The molecule has 20 heavy (non-hydrogen) atoms. The predicted molar refractivity (Wildman–Crippen MR) is 75.8 cm³/mol. The molecule has 0 aliphatic carbocycles. The van der Waals surface area contributed by atoms with Gasteiger partial charge in [-0.3, -0.25) is 10.1 Å². The summed E-state index contributed by atoms with van der Waals surface area (Å²) in [5, 5.41) is 14.1. The fourth-order valence-corrected chi connectivity index (χ4v) is 1.80. The highest BCUT2D eigenvalue weighted by atomic mass is 16.6. The van der Waals surface area contributed by atoms with Crippen molar-refractivity contribution >= 4 is 5.69 Å². The third kappa shape index (κ3) is 5.58. The lowest BCUT2D eigenvalue weighted by Gasteiger charge is -2.07. The standard InChI is InChI=1S/C13H18N4O3/c1-11-10-12(6-7-13(11)17(18)19)20-9-5-3-2-4-8-15-16-14/h6-7,10H,2-5,8-9H2,1H3. The molecule has 0 bridgehead atoms. The zero-order valence-corrected chi connectivity index (χ0v) is 11.5. The molecular weight excluding hydrogens is 260 g/mol. The maximum atomic E-state index is 10.7. The number of nitro benzene ring substituents is 1. The Morgan fingerprint density at radius 3 is 2.75 bits per heavy atom. The first-order valence-electron chi connectivity index (χ1n) is 6.54. The van der Waals surface area contributed by atoms with Crippen LogP contribution in [0.3, 0.4) is 0 Å². The monoisotopic (exact) mass is 278 g/mol. The molecule has 0 amide bonds. The SMILES string of the molecule is Cc1cc(OCCCCCCN=[N+]=[N-])ccc1[N+](=O)[O-]. The van der Waals surface area contributed by atoms with E-state index in [2.05, 4.69) is 10.0 Å². The highest BCUT2D eigenvalue weighted by Gasteiger charge is 2.10. The number of ether oxygens (including phenoxy) is 1. The largest absolute Gasteiger partial charge is 0.494 e. The number of nitro groups is 1. The van der Waals surface area contributed by atoms with Crippen molar-refractivity contribution in [2.75, 3.05) is 13.2 Å². The van der Waals surface area contributed by atoms with Gasteiger partial charge in [-0.25, -0.2) is 0 Å². The molecule has 108 valence electrons. The number of benzene rings is 1. The smallest absolute Gasteiger partial charge is 0.272 e. The second kappa shape index (κ2) is 8.77. The molecule has 0 fully saturated rings. The summed E-state index contributed by atoms with van der Waals surface area (Å²) in [6, 6.07) is 4.76. The van der Waals surface area contributed by atoms with Gasteiger partial charge in [0.05, 0.1) is 11.5 Å². The topological polar surface area (TPSA) is 101 Å². The van der Waals surface area contributed by atoms with Crippen LogP contribution in [0.4, 0.5) is 5.69 Å². The summed E-state index contributed by atoms with van der Waals surface area (Å²) in [4.78, 5) is 13.0. The van der Waals surface area contributed by atoms with Crippen LogP contribution >= 0.6 is 0 Å². The number of hydrogen-bond acceptors (Lipinski definition) is 4. The van der Waals surface area contributed by atoms with Crippen LogP contribution in [0.5, 0.6) is 5.75 Å². The Hall–Kier alpha value is -2.27. The lowest BCUT2D eigenvalue weighted by Crippen LogP contribution is -1.99. The van der Waals surface area contributed by atoms with Gasteiger partial charge in [-0.2, -0.15) is 0 Å². The number of nitrogens with zero attached hydrogens (tertiary/aromatic N) is 4. The van der Waals surface area contributed by atoms with Crippen LogP contribution in [0.1, 0.15) is 31.2 Å². The molecule has 0 aliphatic heterocycles. The molecule has 1 aromatic rings. The average Bonchev–Trinajstić information content (AvgIpc) is 2.41. The van der Waals surface area contributed by atoms with E-state index in [4.69, 9.17) is 10.3 Å². The molecular formula is C13H18N4O3. The predicted octanol–water partition coefficient (Wildman–Crippen LogP) is 4.15. The van der Waals surface area contributed by atoms with E-state index in [1.807, 2.05) is 0 Å². The second-order valence-corrected chi connectivity index (χ2v) is 4.42. The van der Waals surface area contributed by atoms with Crippen molar-refractivity contribution in [3.05, 3.63) is 44.3 Å². The Morgan fingerprint density at radius 2 is 2.10 bits per heavy atom. The van der Waals surface area contributed by atoms with Gasteiger partial charge in [-0.05, 0) is 37.4 Å². The fraction of sp³-hybridized carbons (Fsp3) is 0.538. The van der Waals surface area contributed by atoms with Gasteiger partial charge in [0.2, 0.25) is 0 Å². The molecule has 7 heteroatoms. The van der Waals surface area contributed by atoms with Crippen LogP contribution in [-0.4, -0.2) is 18.1 Å². The highest BCUT2D eigenvalue weighted by Crippen LogP contribution is 2.23. The zero-order chi connectivity index (χ0) is 14.8. The van der Waals surface area contributed by atoms with Crippen LogP contribution in [0.25, 0.3) is 10.4 Å². The van der Waals surface area contributed by atoms with E-state index in [-0.39, 0.29) is 5.69 Å². The van der Waals surface area contributed by atoms with Crippen LogP contribution in [0, 0.1) is 17.0 Å². The Kier molecular flexibility index (Phi) is 6.92. The molecule has 7 nitrogen and oxygen atoms in total. The van der Waals surface area contributed by atoms with E-state index in [1.165, 1.54) is 6.07 Å². The maximum Gasteiger partial charge on any atom is 0.272 e.